The molecule has 104 valence electrons. The summed E-state index contributed by atoms with van der Waals surface area (Å²) >= 11 is 5.81. The minimum absolute atomic E-state index is 0.206. The standard InChI is InChI=1S/C14H18ClNO3/c1-18-14(17)13(10-6-7-16-8-10)9-19-12-4-2-11(15)3-5-12/h2-5,10,13,16H,6-9H2,1H3. The maximum atomic E-state index is 11.8. The molecule has 2 rings (SSSR count). The zero-order valence-electron chi connectivity index (χ0n) is 10.9. The minimum atomic E-state index is -0.226. The van der Waals surface area contributed by atoms with E-state index in [1.165, 1.54) is 7.11 Å². The van der Waals surface area contributed by atoms with E-state index in [1.807, 2.05) is 0 Å². The summed E-state index contributed by atoms with van der Waals surface area (Å²) in [5.41, 5.74) is 0. The fourth-order valence-corrected chi connectivity index (χ4v) is 2.41. The number of benzene rings is 1. The summed E-state index contributed by atoms with van der Waals surface area (Å²) in [6.45, 7) is 2.11. The number of nitrogens with one attached hydrogen (secondary N) is 1. The molecule has 1 fully saturated rings. The van der Waals surface area contributed by atoms with Crippen molar-refractivity contribution in [2.45, 2.75) is 6.42 Å². The molecule has 0 radical (unpaired) electrons. The van der Waals surface area contributed by atoms with E-state index >= 15 is 0 Å². The number of carbonyl (C=O) groups is 1. The molecule has 0 spiro atoms. The molecule has 0 aliphatic carbocycles. The van der Waals surface area contributed by atoms with E-state index in [0.717, 1.165) is 19.5 Å². The molecule has 1 aliphatic rings. The van der Waals surface area contributed by atoms with Gasteiger partial charge in [-0.3, -0.25) is 4.79 Å². The van der Waals surface area contributed by atoms with Gasteiger partial charge in [0, 0.05) is 5.02 Å². The van der Waals surface area contributed by atoms with Crippen molar-refractivity contribution in [1.82, 2.24) is 5.32 Å². The lowest BCUT2D eigenvalue weighted by atomic mass is 9.92. The van der Waals surface area contributed by atoms with Gasteiger partial charge < -0.3 is 14.8 Å². The van der Waals surface area contributed by atoms with Crippen LogP contribution in [-0.2, 0) is 9.53 Å². The maximum absolute atomic E-state index is 11.8. The SMILES string of the molecule is COC(=O)C(COc1ccc(Cl)cc1)C1CCNC1. The zero-order chi connectivity index (χ0) is 13.7. The number of hydrogen-bond donors (Lipinski definition) is 1. The molecule has 0 aromatic heterocycles. The van der Waals surface area contributed by atoms with Crippen LogP contribution < -0.4 is 10.1 Å². The number of carbonyl (C=O) groups excluding carboxylic acids is 1. The van der Waals surface area contributed by atoms with E-state index in [4.69, 9.17) is 21.1 Å². The summed E-state index contributed by atoms with van der Waals surface area (Å²) in [6, 6.07) is 7.12. The highest BCUT2D eigenvalue weighted by atomic mass is 35.5. The molecule has 2 atom stereocenters. The summed E-state index contributed by atoms with van der Waals surface area (Å²) in [5.74, 6) is 0.558. The lowest BCUT2D eigenvalue weighted by molar-refractivity contribution is -0.148. The van der Waals surface area contributed by atoms with Gasteiger partial charge in [-0.05, 0) is 49.7 Å². The van der Waals surface area contributed by atoms with Crippen LogP contribution in [0.3, 0.4) is 0 Å². The summed E-state index contributed by atoms with van der Waals surface area (Å²) in [7, 11) is 1.42. The second-order valence-corrected chi connectivity index (χ2v) is 5.08. The topological polar surface area (TPSA) is 47.6 Å². The number of rotatable bonds is 5. The number of hydrogen-bond acceptors (Lipinski definition) is 4. The van der Waals surface area contributed by atoms with Gasteiger partial charge in [-0.25, -0.2) is 0 Å². The molecule has 0 saturated carbocycles. The van der Waals surface area contributed by atoms with E-state index in [-0.39, 0.29) is 17.8 Å². The van der Waals surface area contributed by atoms with Gasteiger partial charge in [-0.1, -0.05) is 11.6 Å². The van der Waals surface area contributed by atoms with Gasteiger partial charge in [0.2, 0.25) is 0 Å². The van der Waals surface area contributed by atoms with Crippen LogP contribution in [0.1, 0.15) is 6.42 Å². The zero-order valence-corrected chi connectivity index (χ0v) is 11.7. The second kappa shape index (κ2) is 6.78. The van der Waals surface area contributed by atoms with Crippen molar-refractivity contribution in [3.05, 3.63) is 29.3 Å². The largest absolute Gasteiger partial charge is 0.493 e. The van der Waals surface area contributed by atoms with Gasteiger partial charge in [-0.2, -0.15) is 0 Å². The van der Waals surface area contributed by atoms with Crippen LogP contribution in [0.2, 0.25) is 5.02 Å². The molecule has 19 heavy (non-hydrogen) atoms. The first-order valence-corrected chi connectivity index (χ1v) is 6.75. The van der Waals surface area contributed by atoms with E-state index < -0.39 is 0 Å². The van der Waals surface area contributed by atoms with Gasteiger partial charge in [0.25, 0.3) is 0 Å². The van der Waals surface area contributed by atoms with Crippen LogP contribution in [-0.4, -0.2) is 32.8 Å². The first-order valence-electron chi connectivity index (χ1n) is 6.37. The average Bonchev–Trinajstić information content (AvgIpc) is 2.94. The van der Waals surface area contributed by atoms with Crippen LogP contribution in [0.25, 0.3) is 0 Å². The lowest BCUT2D eigenvalue weighted by Crippen LogP contribution is -2.31. The average molecular weight is 284 g/mol. The third-order valence-corrected chi connectivity index (χ3v) is 3.67. The van der Waals surface area contributed by atoms with Crippen molar-refractivity contribution >= 4 is 17.6 Å². The highest BCUT2D eigenvalue weighted by molar-refractivity contribution is 6.30. The third kappa shape index (κ3) is 3.85. The fourth-order valence-electron chi connectivity index (χ4n) is 2.29. The second-order valence-electron chi connectivity index (χ2n) is 4.65. The van der Waals surface area contributed by atoms with E-state index in [1.54, 1.807) is 24.3 Å². The molecule has 1 aliphatic heterocycles. The Labute approximate surface area is 118 Å². The van der Waals surface area contributed by atoms with E-state index in [9.17, 15) is 4.79 Å². The van der Waals surface area contributed by atoms with E-state index in [0.29, 0.717) is 17.4 Å². The van der Waals surface area contributed by atoms with Crippen molar-refractivity contribution in [3.63, 3.8) is 0 Å². The Hall–Kier alpha value is -1.26. The monoisotopic (exact) mass is 283 g/mol. The van der Waals surface area contributed by atoms with Crippen LogP contribution in [0.15, 0.2) is 24.3 Å². The molecule has 1 heterocycles. The number of ether oxygens (including phenoxy) is 2. The molecule has 0 amide bonds. The fraction of sp³-hybridized carbons (Fsp3) is 0.500. The predicted octanol–water partition coefficient (Wildman–Crippen LogP) is 2.12. The number of halogens is 1. The molecule has 2 unspecified atom stereocenters. The Kier molecular flexibility index (Phi) is 5.05. The van der Waals surface area contributed by atoms with Crippen molar-refractivity contribution in [1.29, 1.82) is 0 Å². The van der Waals surface area contributed by atoms with Crippen molar-refractivity contribution in [3.8, 4) is 5.75 Å². The molecule has 1 aromatic carbocycles. The molecular weight excluding hydrogens is 266 g/mol. The summed E-state index contributed by atoms with van der Waals surface area (Å²) < 4.78 is 10.5. The van der Waals surface area contributed by atoms with Crippen molar-refractivity contribution < 1.29 is 14.3 Å². The normalized spacial score (nSPS) is 20.0. The summed E-state index contributed by atoms with van der Waals surface area (Å²) in [5, 5.41) is 3.92. The van der Waals surface area contributed by atoms with Gasteiger partial charge in [0.1, 0.15) is 12.4 Å². The van der Waals surface area contributed by atoms with Crippen LogP contribution >= 0.6 is 11.6 Å². The minimum Gasteiger partial charge on any atom is -0.493 e. The number of methoxy groups -OCH3 is 1. The quantitative estimate of drug-likeness (QED) is 0.841. The van der Waals surface area contributed by atoms with Crippen LogP contribution in [0.5, 0.6) is 5.75 Å². The molecule has 4 nitrogen and oxygen atoms in total. The highest BCUT2D eigenvalue weighted by Gasteiger charge is 2.32. The molecule has 0 bridgehead atoms. The molecular formula is C14H18ClNO3. The smallest absolute Gasteiger partial charge is 0.312 e. The summed E-state index contributed by atoms with van der Waals surface area (Å²) in [6.07, 6.45) is 0.976. The molecule has 1 N–H and O–H groups in total. The van der Waals surface area contributed by atoms with Gasteiger partial charge in [0.05, 0.1) is 13.0 Å². The Morgan fingerprint density at radius 3 is 2.79 bits per heavy atom. The summed E-state index contributed by atoms with van der Waals surface area (Å²) in [4.78, 5) is 11.8. The molecule has 1 saturated heterocycles. The van der Waals surface area contributed by atoms with Crippen LogP contribution in [0, 0.1) is 11.8 Å². The first kappa shape index (κ1) is 14.2. The Bertz CT molecular complexity index is 415. The molecule has 1 aromatic rings. The third-order valence-electron chi connectivity index (χ3n) is 3.41. The van der Waals surface area contributed by atoms with Gasteiger partial charge in [0.15, 0.2) is 0 Å². The van der Waals surface area contributed by atoms with Crippen LogP contribution in [0.4, 0.5) is 0 Å². The highest BCUT2D eigenvalue weighted by Crippen LogP contribution is 2.23. The Balaban J connectivity index is 1.95. The lowest BCUT2D eigenvalue weighted by Gasteiger charge is -2.20. The molecule has 5 heteroatoms. The first-order chi connectivity index (χ1) is 9.20. The number of esters is 1. The van der Waals surface area contributed by atoms with Crippen molar-refractivity contribution in [2.24, 2.45) is 11.8 Å². The van der Waals surface area contributed by atoms with Crippen molar-refractivity contribution in [2.75, 3.05) is 26.8 Å². The Morgan fingerprint density at radius 2 is 2.21 bits per heavy atom. The Morgan fingerprint density at radius 1 is 1.47 bits per heavy atom. The predicted molar refractivity (Wildman–Crippen MR) is 73.4 cm³/mol. The van der Waals surface area contributed by atoms with E-state index in [2.05, 4.69) is 5.32 Å². The van der Waals surface area contributed by atoms with Gasteiger partial charge >= 0.3 is 5.97 Å². The maximum Gasteiger partial charge on any atom is 0.312 e. The van der Waals surface area contributed by atoms with Gasteiger partial charge in [-0.15, -0.1) is 0 Å².